The average Bonchev–Trinajstić information content (AvgIpc) is 2.22. The van der Waals surface area contributed by atoms with E-state index >= 15 is 0 Å². The molecule has 88 valence electrons. The van der Waals surface area contributed by atoms with Gasteiger partial charge in [-0.1, -0.05) is 13.8 Å². The third-order valence-electron chi connectivity index (χ3n) is 3.67. The topological polar surface area (TPSA) is 38.3 Å². The fourth-order valence-corrected chi connectivity index (χ4v) is 2.10. The monoisotopic (exact) mass is 213 g/mol. The number of methoxy groups -OCH3 is 1. The maximum atomic E-state index is 11.6. The summed E-state index contributed by atoms with van der Waals surface area (Å²) in [5.41, 5.74) is 0. The molecule has 3 nitrogen and oxygen atoms in total. The first-order valence-electron chi connectivity index (χ1n) is 5.87. The summed E-state index contributed by atoms with van der Waals surface area (Å²) in [6, 6.07) is 0.348. The summed E-state index contributed by atoms with van der Waals surface area (Å²) in [6.45, 7) is 6.34. The van der Waals surface area contributed by atoms with Crippen molar-refractivity contribution in [2.24, 2.45) is 11.8 Å². The molecule has 1 amide bonds. The Labute approximate surface area is 92.6 Å². The average molecular weight is 213 g/mol. The van der Waals surface area contributed by atoms with Crippen molar-refractivity contribution in [2.75, 3.05) is 7.11 Å². The minimum atomic E-state index is -0.334. The molecule has 0 bridgehead atoms. The van der Waals surface area contributed by atoms with E-state index in [4.69, 9.17) is 4.74 Å². The van der Waals surface area contributed by atoms with Crippen LogP contribution in [0.25, 0.3) is 0 Å². The van der Waals surface area contributed by atoms with Crippen molar-refractivity contribution in [3.63, 3.8) is 0 Å². The summed E-state index contributed by atoms with van der Waals surface area (Å²) < 4.78 is 4.99. The zero-order valence-corrected chi connectivity index (χ0v) is 10.2. The molecule has 0 aromatic heterocycles. The molecule has 1 aliphatic carbocycles. The zero-order chi connectivity index (χ0) is 11.4. The second-order valence-electron chi connectivity index (χ2n) is 4.85. The first-order valence-corrected chi connectivity index (χ1v) is 5.87. The number of hydrogen-bond acceptors (Lipinski definition) is 2. The lowest BCUT2D eigenvalue weighted by atomic mass is 9.79. The quantitative estimate of drug-likeness (QED) is 0.778. The number of ether oxygens (including phenoxy) is 1. The van der Waals surface area contributed by atoms with Gasteiger partial charge in [0.1, 0.15) is 6.10 Å². The van der Waals surface area contributed by atoms with Gasteiger partial charge >= 0.3 is 0 Å². The third-order valence-corrected chi connectivity index (χ3v) is 3.67. The molecule has 15 heavy (non-hydrogen) atoms. The summed E-state index contributed by atoms with van der Waals surface area (Å²) in [7, 11) is 1.57. The van der Waals surface area contributed by atoms with E-state index in [0.717, 1.165) is 18.8 Å². The van der Waals surface area contributed by atoms with Gasteiger partial charge in [-0.05, 0) is 38.0 Å². The van der Waals surface area contributed by atoms with Gasteiger partial charge in [-0.25, -0.2) is 0 Å². The number of carbonyl (C=O) groups excluding carboxylic acids is 1. The van der Waals surface area contributed by atoms with Gasteiger partial charge in [-0.15, -0.1) is 0 Å². The van der Waals surface area contributed by atoms with Gasteiger partial charge in [0.05, 0.1) is 0 Å². The Hall–Kier alpha value is -0.570. The fraction of sp³-hybridized carbons (Fsp3) is 0.917. The molecule has 1 fully saturated rings. The van der Waals surface area contributed by atoms with E-state index in [0.29, 0.717) is 12.0 Å². The van der Waals surface area contributed by atoms with Crippen LogP contribution >= 0.6 is 0 Å². The van der Waals surface area contributed by atoms with Gasteiger partial charge in [0.2, 0.25) is 5.91 Å². The van der Waals surface area contributed by atoms with E-state index in [1.165, 1.54) is 6.42 Å². The molecule has 1 aliphatic rings. The third kappa shape index (κ3) is 3.49. The lowest BCUT2D eigenvalue weighted by Crippen LogP contribution is -2.44. The molecular formula is C12H23NO2. The van der Waals surface area contributed by atoms with E-state index in [9.17, 15) is 4.79 Å². The number of hydrogen-bond donors (Lipinski definition) is 1. The maximum Gasteiger partial charge on any atom is 0.249 e. The lowest BCUT2D eigenvalue weighted by molar-refractivity contribution is -0.131. The Morgan fingerprint density at radius 3 is 2.53 bits per heavy atom. The van der Waals surface area contributed by atoms with Crippen LogP contribution in [0.3, 0.4) is 0 Å². The molecule has 0 aromatic carbocycles. The van der Waals surface area contributed by atoms with E-state index in [2.05, 4.69) is 19.2 Å². The summed E-state index contributed by atoms with van der Waals surface area (Å²) in [5, 5.41) is 3.06. The van der Waals surface area contributed by atoms with Crippen molar-refractivity contribution in [1.29, 1.82) is 0 Å². The molecule has 0 aromatic rings. The molecule has 4 atom stereocenters. The van der Waals surface area contributed by atoms with Crippen LogP contribution in [0.1, 0.15) is 40.0 Å². The van der Waals surface area contributed by atoms with E-state index < -0.39 is 0 Å². The van der Waals surface area contributed by atoms with Gasteiger partial charge < -0.3 is 10.1 Å². The molecule has 0 aliphatic heterocycles. The van der Waals surface area contributed by atoms with Crippen molar-refractivity contribution in [2.45, 2.75) is 52.2 Å². The molecule has 0 spiro atoms. The van der Waals surface area contributed by atoms with Crippen LogP contribution in [0.4, 0.5) is 0 Å². The van der Waals surface area contributed by atoms with E-state index in [-0.39, 0.29) is 12.0 Å². The Morgan fingerprint density at radius 2 is 2.00 bits per heavy atom. The molecule has 0 saturated heterocycles. The molecule has 4 unspecified atom stereocenters. The largest absolute Gasteiger partial charge is 0.372 e. The number of nitrogens with one attached hydrogen (secondary N) is 1. The number of carbonyl (C=O) groups is 1. The number of amides is 1. The van der Waals surface area contributed by atoms with Gasteiger partial charge in [-0.3, -0.25) is 4.79 Å². The normalized spacial score (nSPS) is 33.5. The second-order valence-corrected chi connectivity index (χ2v) is 4.85. The summed E-state index contributed by atoms with van der Waals surface area (Å²) in [4.78, 5) is 11.6. The highest BCUT2D eigenvalue weighted by Crippen LogP contribution is 2.29. The van der Waals surface area contributed by atoms with Crippen LogP contribution in [0, 0.1) is 11.8 Å². The Morgan fingerprint density at radius 1 is 1.33 bits per heavy atom. The van der Waals surface area contributed by atoms with Crippen molar-refractivity contribution < 1.29 is 9.53 Å². The van der Waals surface area contributed by atoms with E-state index in [1.54, 1.807) is 14.0 Å². The predicted molar refractivity (Wildman–Crippen MR) is 60.6 cm³/mol. The van der Waals surface area contributed by atoms with Crippen molar-refractivity contribution >= 4 is 5.91 Å². The minimum Gasteiger partial charge on any atom is -0.372 e. The Kier molecular flexibility index (Phi) is 4.58. The van der Waals surface area contributed by atoms with Crippen LogP contribution in [0.2, 0.25) is 0 Å². The molecule has 1 rings (SSSR count). The Balaban J connectivity index is 2.36. The van der Waals surface area contributed by atoms with Gasteiger partial charge in [-0.2, -0.15) is 0 Å². The lowest BCUT2D eigenvalue weighted by Gasteiger charge is -2.32. The van der Waals surface area contributed by atoms with Crippen LogP contribution in [-0.4, -0.2) is 25.2 Å². The highest BCUT2D eigenvalue weighted by molar-refractivity contribution is 5.80. The van der Waals surface area contributed by atoms with Crippen molar-refractivity contribution in [3.8, 4) is 0 Å². The van der Waals surface area contributed by atoms with Crippen LogP contribution in [0.15, 0.2) is 0 Å². The smallest absolute Gasteiger partial charge is 0.249 e. The molecule has 1 saturated carbocycles. The Bertz CT molecular complexity index is 218. The van der Waals surface area contributed by atoms with Crippen LogP contribution in [-0.2, 0) is 9.53 Å². The van der Waals surface area contributed by atoms with Crippen LogP contribution < -0.4 is 5.32 Å². The molecule has 1 N–H and O–H groups in total. The highest BCUT2D eigenvalue weighted by Gasteiger charge is 2.26. The van der Waals surface area contributed by atoms with Gasteiger partial charge in [0, 0.05) is 13.2 Å². The summed E-state index contributed by atoms with van der Waals surface area (Å²) >= 11 is 0. The van der Waals surface area contributed by atoms with Crippen LogP contribution in [0.5, 0.6) is 0 Å². The van der Waals surface area contributed by atoms with Gasteiger partial charge in [0.25, 0.3) is 0 Å². The van der Waals surface area contributed by atoms with Crippen molar-refractivity contribution in [1.82, 2.24) is 5.32 Å². The van der Waals surface area contributed by atoms with Crippen molar-refractivity contribution in [3.05, 3.63) is 0 Å². The predicted octanol–water partition coefficient (Wildman–Crippen LogP) is 1.96. The first kappa shape index (κ1) is 12.5. The summed E-state index contributed by atoms with van der Waals surface area (Å²) in [6.07, 6.45) is 3.09. The molecule has 0 heterocycles. The fourth-order valence-electron chi connectivity index (χ4n) is 2.10. The molecule has 3 heteroatoms. The molecular weight excluding hydrogens is 190 g/mol. The number of rotatable bonds is 3. The standard InChI is InChI=1S/C12H23NO2/c1-8-5-6-11(7-9(8)2)13-12(14)10(3)15-4/h8-11H,5-7H2,1-4H3,(H,13,14). The molecule has 0 radical (unpaired) electrons. The minimum absolute atomic E-state index is 0.0178. The SMILES string of the molecule is COC(C)C(=O)NC1CCC(C)C(C)C1. The second kappa shape index (κ2) is 5.50. The van der Waals surface area contributed by atoms with Gasteiger partial charge in [0.15, 0.2) is 0 Å². The first-order chi connectivity index (χ1) is 7.04. The maximum absolute atomic E-state index is 11.6. The van der Waals surface area contributed by atoms with E-state index in [1.807, 2.05) is 0 Å². The zero-order valence-electron chi connectivity index (χ0n) is 10.2. The highest BCUT2D eigenvalue weighted by atomic mass is 16.5. The summed E-state index contributed by atoms with van der Waals surface area (Å²) in [5.74, 6) is 1.52.